The number of benzene rings is 3. The number of ether oxygens (including phenoxy) is 1. The first-order chi connectivity index (χ1) is 23.2. The van der Waals surface area contributed by atoms with Crippen molar-refractivity contribution >= 4 is 21.7 Å². The Balaban J connectivity index is 1.60. The lowest BCUT2D eigenvalue weighted by atomic mass is 9.88. The number of carbonyl (C=O) groups is 2. The van der Waals surface area contributed by atoms with Crippen molar-refractivity contribution in [2.45, 2.75) is 53.8 Å². The number of carbonyl (C=O) groups excluding carboxylic acids is 2. The summed E-state index contributed by atoms with van der Waals surface area (Å²) in [5, 5.41) is 0. The largest absolute Gasteiger partial charge is 0.458 e. The van der Waals surface area contributed by atoms with Crippen molar-refractivity contribution in [1.29, 1.82) is 0 Å². The van der Waals surface area contributed by atoms with E-state index in [9.17, 15) is 57.5 Å². The van der Waals surface area contributed by atoms with E-state index in [0.29, 0.717) is 42.5 Å². The van der Waals surface area contributed by atoms with E-state index in [2.05, 4.69) is 4.74 Å². The molecule has 2 saturated heterocycles. The van der Waals surface area contributed by atoms with Gasteiger partial charge in [-0.05, 0) is 61.2 Å². The van der Waals surface area contributed by atoms with Crippen LogP contribution < -0.4 is 4.74 Å². The summed E-state index contributed by atoms with van der Waals surface area (Å²) in [4.78, 5) is 27.7. The Kier molecular flexibility index (Phi) is 9.70. The van der Waals surface area contributed by atoms with Gasteiger partial charge >= 0.3 is 18.0 Å². The lowest BCUT2D eigenvalue weighted by Gasteiger charge is -2.38. The molecule has 3 aromatic rings. The summed E-state index contributed by atoms with van der Waals surface area (Å²) in [5.74, 6) is -7.64. The third-order valence-corrected chi connectivity index (χ3v) is 11.8. The zero-order valence-corrected chi connectivity index (χ0v) is 26.9. The molecule has 17 heteroatoms. The van der Waals surface area contributed by atoms with Crippen LogP contribution in [0.15, 0.2) is 71.6 Å². The number of sulfone groups is 1. The summed E-state index contributed by atoms with van der Waals surface area (Å²) in [6, 6.07) is 7.11. The van der Waals surface area contributed by atoms with Gasteiger partial charge < -0.3 is 14.5 Å². The average Bonchev–Trinajstić information content (AvgIpc) is 3.51. The molecule has 7 nitrogen and oxygen atoms in total. The van der Waals surface area contributed by atoms with E-state index in [1.54, 1.807) is 4.90 Å². The molecule has 2 fully saturated rings. The second-order valence-electron chi connectivity index (χ2n) is 12.1. The Morgan fingerprint density at radius 1 is 0.780 bits per heavy atom. The van der Waals surface area contributed by atoms with E-state index in [-0.39, 0.29) is 50.4 Å². The quantitative estimate of drug-likeness (QED) is 0.200. The number of hydrogen-bond acceptors (Lipinski definition) is 5. The first-order valence-electron chi connectivity index (χ1n) is 15.2. The van der Waals surface area contributed by atoms with Crippen LogP contribution in [0.5, 0.6) is 5.75 Å². The molecule has 0 radical (unpaired) electrons. The molecule has 0 unspecified atom stereocenters. The molecule has 0 bridgehead atoms. The molecule has 2 aliphatic rings. The summed E-state index contributed by atoms with van der Waals surface area (Å²) in [5.41, 5.74) is -7.28. The number of para-hydroxylation sites is 1. The Morgan fingerprint density at radius 2 is 1.32 bits per heavy atom. The van der Waals surface area contributed by atoms with E-state index in [1.165, 1.54) is 11.8 Å². The number of piperidine rings is 1. The van der Waals surface area contributed by atoms with E-state index in [4.69, 9.17) is 0 Å². The second-order valence-corrected chi connectivity index (χ2v) is 14.4. The first-order valence-corrected chi connectivity index (χ1v) is 16.7. The van der Waals surface area contributed by atoms with Gasteiger partial charge in [0.15, 0.2) is 27.2 Å². The Hall–Kier alpha value is -4.28. The maximum atomic E-state index is 14.5. The van der Waals surface area contributed by atoms with Crippen molar-refractivity contribution in [3.8, 4) is 5.75 Å². The molecule has 0 aliphatic carbocycles. The van der Waals surface area contributed by atoms with E-state index in [0.717, 1.165) is 24.3 Å². The Labute approximate surface area is 280 Å². The standard InChI is InChI=1S/C33H29F9N2O5S/c1-20(45)43-16-13-21(14-17-43)29(46)44-18-15-30(19-44,50(47,48)25-11-9-24(34)10-12-25)22-5-7-23(8-6-22)31(32(37,38)39,33(40,41)42)49-28-26(35)3-2-4-27(28)36/h2-12,21H,13-19H2,1H3/t30-/m0/s1. The zero-order valence-electron chi connectivity index (χ0n) is 26.1. The summed E-state index contributed by atoms with van der Waals surface area (Å²) >= 11 is 0. The molecule has 270 valence electrons. The first kappa shape index (κ1) is 37.0. The van der Waals surface area contributed by atoms with Gasteiger partial charge in [-0.3, -0.25) is 9.59 Å². The van der Waals surface area contributed by atoms with Crippen molar-refractivity contribution in [1.82, 2.24) is 9.80 Å². The highest BCUT2D eigenvalue weighted by atomic mass is 32.2. The Morgan fingerprint density at radius 3 is 1.82 bits per heavy atom. The number of halogens is 9. The van der Waals surface area contributed by atoms with E-state index < -0.39 is 84.6 Å². The maximum absolute atomic E-state index is 14.5. The predicted molar refractivity (Wildman–Crippen MR) is 159 cm³/mol. The summed E-state index contributed by atoms with van der Waals surface area (Å²) < 4.78 is 160. The molecule has 2 aliphatic heterocycles. The SMILES string of the molecule is CC(=O)N1CCC(C(=O)N2CC[C@](c3ccc(C(Oc4c(F)cccc4F)(C(F)(F)F)C(F)(F)F)cc3)(S(=O)(=O)c3ccc(F)cc3)C2)CC1. The van der Waals surface area contributed by atoms with Crippen molar-refractivity contribution in [3.63, 3.8) is 0 Å². The van der Waals surface area contributed by atoms with Gasteiger partial charge in [0.25, 0.3) is 0 Å². The maximum Gasteiger partial charge on any atom is 0.442 e. The third-order valence-electron chi connectivity index (χ3n) is 9.26. The van der Waals surface area contributed by atoms with Gasteiger partial charge in [-0.25, -0.2) is 21.6 Å². The molecule has 2 heterocycles. The van der Waals surface area contributed by atoms with Gasteiger partial charge in [0.05, 0.1) is 4.90 Å². The smallest absolute Gasteiger partial charge is 0.442 e. The van der Waals surface area contributed by atoms with Gasteiger partial charge in [0.1, 0.15) is 10.6 Å². The van der Waals surface area contributed by atoms with Gasteiger partial charge in [-0.15, -0.1) is 0 Å². The van der Waals surface area contributed by atoms with Gasteiger partial charge in [-0.2, -0.15) is 26.3 Å². The van der Waals surface area contributed by atoms with Crippen LogP contribution in [-0.2, 0) is 29.8 Å². The molecule has 0 N–H and O–H groups in total. The fourth-order valence-electron chi connectivity index (χ4n) is 6.52. The molecule has 50 heavy (non-hydrogen) atoms. The molecule has 1 atom stereocenters. The van der Waals surface area contributed by atoms with E-state index in [1.807, 2.05) is 0 Å². The van der Waals surface area contributed by atoms with Crippen molar-refractivity contribution in [3.05, 3.63) is 95.3 Å². The van der Waals surface area contributed by atoms with Crippen LogP contribution in [0, 0.1) is 23.4 Å². The van der Waals surface area contributed by atoms with Crippen LogP contribution in [0.3, 0.4) is 0 Å². The number of rotatable bonds is 7. The molecule has 3 aromatic carbocycles. The van der Waals surface area contributed by atoms with Crippen LogP contribution in [-0.4, -0.2) is 68.6 Å². The van der Waals surface area contributed by atoms with Gasteiger partial charge in [0, 0.05) is 44.6 Å². The Bertz CT molecular complexity index is 1820. The lowest BCUT2D eigenvalue weighted by Crippen LogP contribution is -2.58. The molecule has 2 amide bonds. The summed E-state index contributed by atoms with van der Waals surface area (Å²) in [6.07, 6.45) is -12.5. The number of nitrogens with zero attached hydrogens (tertiary/aromatic N) is 2. The zero-order chi connectivity index (χ0) is 36.9. The van der Waals surface area contributed by atoms with Gasteiger partial charge in [-0.1, -0.05) is 30.3 Å². The predicted octanol–water partition coefficient (Wildman–Crippen LogP) is 6.66. The minimum atomic E-state index is -6.35. The lowest BCUT2D eigenvalue weighted by molar-refractivity contribution is -0.365. The normalized spacial score (nSPS) is 19.5. The van der Waals surface area contributed by atoms with Crippen molar-refractivity contribution < 1.29 is 62.3 Å². The molecular weight excluding hydrogens is 707 g/mol. The molecule has 0 saturated carbocycles. The summed E-state index contributed by atoms with van der Waals surface area (Å²) in [6.45, 7) is 1.20. The topological polar surface area (TPSA) is 84.0 Å². The highest BCUT2D eigenvalue weighted by Crippen LogP contribution is 2.54. The van der Waals surface area contributed by atoms with Crippen molar-refractivity contribution in [2.75, 3.05) is 26.2 Å². The second kappa shape index (κ2) is 13.1. The molecular formula is C33H29F9N2O5S. The van der Waals surface area contributed by atoms with Crippen LogP contribution in [0.2, 0.25) is 0 Å². The number of hydrogen-bond donors (Lipinski definition) is 0. The van der Waals surface area contributed by atoms with Crippen molar-refractivity contribution in [2.24, 2.45) is 5.92 Å². The van der Waals surface area contributed by atoms with Crippen LogP contribution >= 0.6 is 0 Å². The minimum Gasteiger partial charge on any atom is -0.458 e. The summed E-state index contributed by atoms with van der Waals surface area (Å²) in [7, 11) is -4.64. The van der Waals surface area contributed by atoms with Crippen LogP contribution in [0.4, 0.5) is 39.5 Å². The average molecular weight is 737 g/mol. The fraction of sp³-hybridized carbons (Fsp3) is 0.394. The molecule has 5 rings (SSSR count). The minimum absolute atomic E-state index is 0.168. The van der Waals surface area contributed by atoms with Crippen LogP contribution in [0.25, 0.3) is 0 Å². The number of likely N-dealkylation sites (tertiary alicyclic amines) is 2. The molecule has 0 spiro atoms. The number of alkyl halides is 6. The third kappa shape index (κ3) is 6.28. The van der Waals surface area contributed by atoms with E-state index >= 15 is 0 Å². The monoisotopic (exact) mass is 736 g/mol. The van der Waals surface area contributed by atoms with Gasteiger partial charge in [0.2, 0.25) is 11.8 Å². The number of amides is 2. The van der Waals surface area contributed by atoms with Crippen LogP contribution in [0.1, 0.15) is 37.3 Å². The highest BCUT2D eigenvalue weighted by Gasteiger charge is 2.75. The fourth-order valence-corrected chi connectivity index (χ4v) is 8.60. The molecule has 0 aromatic heterocycles. The highest BCUT2D eigenvalue weighted by molar-refractivity contribution is 7.92.